The topological polar surface area (TPSA) is 12.5 Å². The third-order valence-electron chi connectivity index (χ3n) is 3.72. The van der Waals surface area contributed by atoms with Crippen LogP contribution in [0.3, 0.4) is 0 Å². The van der Waals surface area contributed by atoms with E-state index in [1.807, 2.05) is 60.7 Å². The molecule has 0 unspecified atom stereocenters. The monoisotopic (exact) mass is 301 g/mol. The lowest BCUT2D eigenvalue weighted by Gasteiger charge is -2.28. The van der Waals surface area contributed by atoms with Gasteiger partial charge in [-0.25, -0.2) is 0 Å². The lowest BCUT2D eigenvalue weighted by Crippen LogP contribution is -2.15. The van der Waals surface area contributed by atoms with Gasteiger partial charge >= 0.3 is 0 Å². The lowest BCUT2D eigenvalue weighted by molar-refractivity contribution is 0.413. The van der Waals surface area contributed by atoms with Crippen molar-refractivity contribution in [3.05, 3.63) is 97.1 Å². The molecule has 0 spiro atoms. The summed E-state index contributed by atoms with van der Waals surface area (Å²) in [5.41, 5.74) is 3.98. The lowest BCUT2D eigenvalue weighted by atomic mass is 10.1. The molecule has 0 radical (unpaired) electrons. The van der Waals surface area contributed by atoms with Gasteiger partial charge in [-0.3, -0.25) is 0 Å². The van der Waals surface area contributed by atoms with Crippen molar-refractivity contribution >= 4 is 17.1 Å². The zero-order valence-corrected chi connectivity index (χ0v) is 13.1. The largest absolute Gasteiger partial charge is 0.496 e. The molecule has 0 amide bonds. The molecule has 0 aromatic heterocycles. The molecular weight excluding hydrogens is 282 g/mol. The zero-order valence-electron chi connectivity index (χ0n) is 13.1. The van der Waals surface area contributed by atoms with Crippen LogP contribution in [0.1, 0.15) is 5.56 Å². The number of hydrogen-bond donors (Lipinski definition) is 0. The molecule has 0 bridgehead atoms. The third-order valence-corrected chi connectivity index (χ3v) is 3.72. The van der Waals surface area contributed by atoms with Gasteiger partial charge in [0.1, 0.15) is 5.75 Å². The van der Waals surface area contributed by atoms with Crippen LogP contribution in [0.15, 0.2) is 91.5 Å². The molecule has 3 aromatic rings. The number of nitrogens with zero attached hydrogens (tertiary/aromatic N) is 1. The van der Waals surface area contributed by atoms with Crippen LogP contribution in [0.4, 0.5) is 11.4 Å². The normalized spacial score (nSPS) is 10.1. The van der Waals surface area contributed by atoms with Crippen LogP contribution in [0.2, 0.25) is 0 Å². The standard InChI is InChI=1S/C21H19NO/c1-17(20-15-9-10-16-21(20)23-2)22(18-11-5-3-6-12-18)19-13-7-4-8-14-19/h3-16H,1H2,2H3. The number of ether oxygens (including phenoxy) is 1. The molecule has 0 aliphatic rings. The van der Waals surface area contributed by atoms with Crippen molar-refractivity contribution in [2.45, 2.75) is 0 Å². The van der Waals surface area contributed by atoms with Gasteiger partial charge in [-0.05, 0) is 36.4 Å². The molecule has 114 valence electrons. The second-order valence-corrected chi connectivity index (χ2v) is 5.15. The van der Waals surface area contributed by atoms with Crippen LogP contribution >= 0.6 is 0 Å². The first-order valence-electron chi connectivity index (χ1n) is 7.54. The van der Waals surface area contributed by atoms with Crippen LogP contribution < -0.4 is 9.64 Å². The van der Waals surface area contributed by atoms with Gasteiger partial charge in [0.05, 0.1) is 7.11 Å². The van der Waals surface area contributed by atoms with Crippen LogP contribution in [0, 0.1) is 0 Å². The number of anilines is 2. The van der Waals surface area contributed by atoms with Crippen molar-refractivity contribution in [3.63, 3.8) is 0 Å². The van der Waals surface area contributed by atoms with Crippen molar-refractivity contribution < 1.29 is 4.74 Å². The molecule has 3 rings (SSSR count). The predicted octanol–water partition coefficient (Wildman–Crippen LogP) is 5.50. The highest BCUT2D eigenvalue weighted by atomic mass is 16.5. The molecule has 0 saturated carbocycles. The molecule has 0 heterocycles. The Morgan fingerprint density at radius 3 is 1.74 bits per heavy atom. The van der Waals surface area contributed by atoms with E-state index in [-0.39, 0.29) is 0 Å². The highest BCUT2D eigenvalue weighted by Crippen LogP contribution is 2.36. The summed E-state index contributed by atoms with van der Waals surface area (Å²) in [7, 11) is 1.68. The fraction of sp³-hybridized carbons (Fsp3) is 0.0476. The summed E-state index contributed by atoms with van der Waals surface area (Å²) in [6.07, 6.45) is 0. The van der Waals surface area contributed by atoms with Gasteiger partial charge < -0.3 is 9.64 Å². The first kappa shape index (κ1) is 14.9. The molecule has 0 fully saturated rings. The van der Waals surface area contributed by atoms with E-state index < -0.39 is 0 Å². The van der Waals surface area contributed by atoms with Gasteiger partial charge in [-0.15, -0.1) is 0 Å². The highest BCUT2D eigenvalue weighted by molar-refractivity contribution is 5.88. The van der Waals surface area contributed by atoms with E-state index >= 15 is 0 Å². The fourth-order valence-corrected chi connectivity index (χ4v) is 2.62. The summed E-state index contributed by atoms with van der Waals surface area (Å²) in [4.78, 5) is 2.14. The molecule has 0 atom stereocenters. The summed E-state index contributed by atoms with van der Waals surface area (Å²) in [6, 6.07) is 28.4. The first-order chi connectivity index (χ1) is 11.3. The van der Waals surface area contributed by atoms with Gasteiger partial charge in [0.2, 0.25) is 0 Å². The number of rotatable bonds is 5. The molecule has 2 nitrogen and oxygen atoms in total. The van der Waals surface area contributed by atoms with Crippen LogP contribution in [0.25, 0.3) is 5.70 Å². The first-order valence-corrected chi connectivity index (χ1v) is 7.54. The Balaban J connectivity index is 2.11. The van der Waals surface area contributed by atoms with E-state index in [9.17, 15) is 0 Å². The summed E-state index contributed by atoms with van der Waals surface area (Å²) in [6.45, 7) is 4.33. The van der Waals surface area contributed by atoms with E-state index in [2.05, 4.69) is 35.7 Å². The molecule has 0 aliphatic heterocycles. The zero-order chi connectivity index (χ0) is 16.1. The molecular formula is C21H19NO. The van der Waals surface area contributed by atoms with Crippen LogP contribution in [-0.4, -0.2) is 7.11 Å². The Morgan fingerprint density at radius 2 is 1.22 bits per heavy atom. The number of methoxy groups -OCH3 is 1. The molecule has 3 aromatic carbocycles. The van der Waals surface area contributed by atoms with Crippen LogP contribution in [0.5, 0.6) is 5.75 Å². The van der Waals surface area contributed by atoms with E-state index in [4.69, 9.17) is 4.74 Å². The summed E-state index contributed by atoms with van der Waals surface area (Å²) in [5, 5.41) is 0. The van der Waals surface area contributed by atoms with Crippen LogP contribution in [-0.2, 0) is 0 Å². The van der Waals surface area contributed by atoms with Crippen molar-refractivity contribution in [1.82, 2.24) is 0 Å². The second-order valence-electron chi connectivity index (χ2n) is 5.15. The van der Waals surface area contributed by atoms with Gasteiger partial charge in [0.15, 0.2) is 0 Å². The Bertz CT molecular complexity index is 742. The maximum Gasteiger partial charge on any atom is 0.128 e. The number of para-hydroxylation sites is 3. The Labute approximate surface area is 137 Å². The molecule has 0 N–H and O–H groups in total. The summed E-state index contributed by atoms with van der Waals surface area (Å²) < 4.78 is 5.50. The van der Waals surface area contributed by atoms with E-state index in [0.29, 0.717) is 0 Å². The third kappa shape index (κ3) is 3.11. The van der Waals surface area contributed by atoms with Crippen molar-refractivity contribution in [1.29, 1.82) is 0 Å². The van der Waals surface area contributed by atoms with E-state index in [0.717, 1.165) is 28.4 Å². The van der Waals surface area contributed by atoms with Gasteiger partial charge in [-0.2, -0.15) is 0 Å². The maximum absolute atomic E-state index is 5.50. The highest BCUT2D eigenvalue weighted by Gasteiger charge is 2.16. The van der Waals surface area contributed by atoms with Crippen molar-refractivity contribution in [3.8, 4) is 5.75 Å². The van der Waals surface area contributed by atoms with Gasteiger partial charge in [-0.1, -0.05) is 55.1 Å². The Hall–Kier alpha value is -3.00. The summed E-state index contributed by atoms with van der Waals surface area (Å²) in [5.74, 6) is 0.814. The predicted molar refractivity (Wildman–Crippen MR) is 97.1 cm³/mol. The average molecular weight is 301 g/mol. The smallest absolute Gasteiger partial charge is 0.128 e. The van der Waals surface area contributed by atoms with E-state index in [1.54, 1.807) is 7.11 Å². The van der Waals surface area contributed by atoms with Gasteiger partial charge in [0, 0.05) is 22.6 Å². The Morgan fingerprint density at radius 1 is 0.739 bits per heavy atom. The SMILES string of the molecule is C=C(c1ccccc1OC)N(c1ccccc1)c1ccccc1. The second kappa shape index (κ2) is 6.84. The number of benzene rings is 3. The quantitative estimate of drug-likeness (QED) is 0.616. The minimum absolute atomic E-state index is 0.814. The maximum atomic E-state index is 5.50. The fourth-order valence-electron chi connectivity index (χ4n) is 2.62. The Kier molecular flexibility index (Phi) is 4.44. The minimum Gasteiger partial charge on any atom is -0.496 e. The average Bonchev–Trinajstić information content (AvgIpc) is 2.63. The number of hydrogen-bond acceptors (Lipinski definition) is 2. The van der Waals surface area contributed by atoms with Gasteiger partial charge in [0.25, 0.3) is 0 Å². The van der Waals surface area contributed by atoms with E-state index in [1.165, 1.54) is 0 Å². The minimum atomic E-state index is 0.814. The molecule has 23 heavy (non-hydrogen) atoms. The van der Waals surface area contributed by atoms with Crippen molar-refractivity contribution in [2.75, 3.05) is 12.0 Å². The molecule has 0 saturated heterocycles. The molecule has 0 aliphatic carbocycles. The molecule has 2 heteroatoms. The summed E-state index contributed by atoms with van der Waals surface area (Å²) >= 11 is 0. The van der Waals surface area contributed by atoms with Crippen molar-refractivity contribution in [2.24, 2.45) is 0 Å².